The summed E-state index contributed by atoms with van der Waals surface area (Å²) in [7, 11) is 0. The number of hydrogen-bond donors (Lipinski definition) is 2. The van der Waals surface area contributed by atoms with Gasteiger partial charge in [-0.3, -0.25) is 9.78 Å². The minimum Gasteiger partial charge on any atom is -0.383 e. The highest BCUT2D eigenvalue weighted by Crippen LogP contribution is 2.00. The molecule has 2 N–H and O–H groups in total. The number of aromatic nitrogens is 3. The maximum Gasteiger partial charge on any atom is 0.266 e. The van der Waals surface area contributed by atoms with Crippen LogP contribution in [-0.4, -0.2) is 21.7 Å². The van der Waals surface area contributed by atoms with Crippen molar-refractivity contribution in [3.05, 3.63) is 52.7 Å². The summed E-state index contributed by atoms with van der Waals surface area (Å²) in [4.78, 5) is 15.2. The lowest BCUT2D eigenvalue weighted by Crippen LogP contribution is -2.11. The van der Waals surface area contributed by atoms with Gasteiger partial charge in [-0.1, -0.05) is 6.07 Å². The Morgan fingerprint density at radius 1 is 1.38 bits per heavy atom. The van der Waals surface area contributed by atoms with Crippen molar-refractivity contribution < 1.29 is 0 Å². The van der Waals surface area contributed by atoms with Crippen LogP contribution in [-0.2, 0) is 6.42 Å². The standard InChI is InChI=1S/C11H12N4O/c16-11-7-10(8-14-15-11)13-6-4-9-3-1-2-5-12-9/h1-3,5,7-8H,4,6H2,(H2,13,15,16). The van der Waals surface area contributed by atoms with Crippen molar-refractivity contribution in [1.29, 1.82) is 0 Å². The van der Waals surface area contributed by atoms with Crippen LogP contribution in [0.5, 0.6) is 0 Å². The Morgan fingerprint density at radius 3 is 3.06 bits per heavy atom. The second-order valence-corrected chi connectivity index (χ2v) is 3.33. The zero-order valence-electron chi connectivity index (χ0n) is 8.68. The van der Waals surface area contributed by atoms with Gasteiger partial charge in [-0.15, -0.1) is 0 Å². The quantitative estimate of drug-likeness (QED) is 0.793. The second kappa shape index (κ2) is 5.06. The molecule has 82 valence electrons. The number of nitrogens with one attached hydrogen (secondary N) is 2. The van der Waals surface area contributed by atoms with Crippen molar-refractivity contribution in [2.45, 2.75) is 6.42 Å². The third-order valence-corrected chi connectivity index (χ3v) is 2.10. The molecule has 0 saturated carbocycles. The second-order valence-electron chi connectivity index (χ2n) is 3.33. The van der Waals surface area contributed by atoms with Gasteiger partial charge in [0.2, 0.25) is 0 Å². The molecule has 5 nitrogen and oxygen atoms in total. The smallest absolute Gasteiger partial charge is 0.266 e. The van der Waals surface area contributed by atoms with Gasteiger partial charge in [-0.25, -0.2) is 5.10 Å². The number of anilines is 1. The molecular weight excluding hydrogens is 204 g/mol. The largest absolute Gasteiger partial charge is 0.383 e. The summed E-state index contributed by atoms with van der Waals surface area (Å²) in [6.45, 7) is 0.724. The van der Waals surface area contributed by atoms with E-state index < -0.39 is 0 Å². The highest BCUT2D eigenvalue weighted by atomic mass is 16.1. The average molecular weight is 216 g/mol. The topological polar surface area (TPSA) is 70.7 Å². The first-order chi connectivity index (χ1) is 7.84. The third-order valence-electron chi connectivity index (χ3n) is 2.10. The van der Waals surface area contributed by atoms with E-state index in [1.807, 2.05) is 18.2 Å². The molecule has 0 fully saturated rings. The lowest BCUT2D eigenvalue weighted by Gasteiger charge is -2.04. The molecule has 0 amide bonds. The molecule has 2 aromatic rings. The Balaban J connectivity index is 1.87. The van der Waals surface area contributed by atoms with Gasteiger partial charge in [0.15, 0.2) is 0 Å². The lowest BCUT2D eigenvalue weighted by molar-refractivity contribution is 0.944. The van der Waals surface area contributed by atoms with E-state index in [1.165, 1.54) is 6.07 Å². The van der Waals surface area contributed by atoms with Gasteiger partial charge in [0, 0.05) is 30.9 Å². The molecule has 0 radical (unpaired) electrons. The zero-order chi connectivity index (χ0) is 11.2. The van der Waals surface area contributed by atoms with Crippen molar-refractivity contribution >= 4 is 5.69 Å². The average Bonchev–Trinajstić information content (AvgIpc) is 2.30. The van der Waals surface area contributed by atoms with Gasteiger partial charge < -0.3 is 5.32 Å². The lowest BCUT2D eigenvalue weighted by atomic mass is 10.2. The first-order valence-electron chi connectivity index (χ1n) is 5.03. The summed E-state index contributed by atoms with van der Waals surface area (Å²) >= 11 is 0. The number of hydrogen-bond acceptors (Lipinski definition) is 4. The van der Waals surface area contributed by atoms with Crippen molar-refractivity contribution in [2.24, 2.45) is 0 Å². The van der Waals surface area contributed by atoms with Gasteiger partial charge >= 0.3 is 0 Å². The van der Waals surface area contributed by atoms with Gasteiger partial charge in [0.1, 0.15) is 0 Å². The number of pyridine rings is 1. The predicted octanol–water partition coefficient (Wildman–Crippen LogP) is 0.819. The Labute approximate surface area is 92.6 Å². The zero-order valence-corrected chi connectivity index (χ0v) is 8.68. The molecule has 0 spiro atoms. The molecule has 0 unspecified atom stereocenters. The van der Waals surface area contributed by atoms with Crippen LogP contribution in [0.15, 0.2) is 41.5 Å². The first-order valence-corrected chi connectivity index (χ1v) is 5.03. The molecule has 0 bridgehead atoms. The fourth-order valence-corrected chi connectivity index (χ4v) is 1.35. The highest BCUT2D eigenvalue weighted by Gasteiger charge is 1.95. The first kappa shape index (κ1) is 10.4. The predicted molar refractivity (Wildman–Crippen MR) is 61.3 cm³/mol. The Kier molecular flexibility index (Phi) is 3.28. The molecule has 5 heteroatoms. The Hall–Kier alpha value is -2.17. The Morgan fingerprint density at radius 2 is 2.31 bits per heavy atom. The summed E-state index contributed by atoms with van der Waals surface area (Å²) in [5, 5.41) is 9.13. The van der Waals surface area contributed by atoms with Crippen molar-refractivity contribution in [1.82, 2.24) is 15.2 Å². The molecule has 0 saturated heterocycles. The monoisotopic (exact) mass is 216 g/mol. The minimum absolute atomic E-state index is 0.206. The normalized spacial score (nSPS) is 10.0. The number of rotatable bonds is 4. The summed E-state index contributed by atoms with van der Waals surface area (Å²) in [6, 6.07) is 7.29. The van der Waals surface area contributed by atoms with Crippen LogP contribution in [0.3, 0.4) is 0 Å². The van der Waals surface area contributed by atoms with Gasteiger partial charge in [-0.2, -0.15) is 5.10 Å². The van der Waals surface area contributed by atoms with Crippen LogP contribution in [0.1, 0.15) is 5.69 Å². The maximum atomic E-state index is 11.0. The fraction of sp³-hybridized carbons (Fsp3) is 0.182. The molecule has 0 aliphatic heterocycles. The van der Waals surface area contributed by atoms with E-state index in [4.69, 9.17) is 0 Å². The van der Waals surface area contributed by atoms with Crippen molar-refractivity contribution in [3.8, 4) is 0 Å². The molecule has 2 aromatic heterocycles. The van der Waals surface area contributed by atoms with E-state index in [1.54, 1.807) is 12.4 Å². The molecule has 0 aliphatic rings. The van der Waals surface area contributed by atoms with E-state index in [2.05, 4.69) is 20.5 Å². The van der Waals surface area contributed by atoms with E-state index in [9.17, 15) is 4.79 Å². The highest BCUT2D eigenvalue weighted by molar-refractivity contribution is 5.38. The van der Waals surface area contributed by atoms with Gasteiger partial charge in [0.25, 0.3) is 5.56 Å². The number of aromatic amines is 1. The van der Waals surface area contributed by atoms with Crippen molar-refractivity contribution in [3.63, 3.8) is 0 Å². The number of nitrogens with zero attached hydrogens (tertiary/aromatic N) is 2. The fourth-order valence-electron chi connectivity index (χ4n) is 1.35. The van der Waals surface area contributed by atoms with Crippen LogP contribution in [0.4, 0.5) is 5.69 Å². The third kappa shape index (κ3) is 2.91. The van der Waals surface area contributed by atoms with E-state index in [0.29, 0.717) is 0 Å². The van der Waals surface area contributed by atoms with Gasteiger partial charge in [0.05, 0.1) is 11.9 Å². The maximum absolute atomic E-state index is 11.0. The van der Waals surface area contributed by atoms with Crippen LogP contribution < -0.4 is 10.9 Å². The molecular formula is C11H12N4O. The van der Waals surface area contributed by atoms with Crippen LogP contribution >= 0.6 is 0 Å². The molecule has 0 aliphatic carbocycles. The minimum atomic E-state index is -0.206. The van der Waals surface area contributed by atoms with Crippen LogP contribution in [0.2, 0.25) is 0 Å². The summed E-state index contributed by atoms with van der Waals surface area (Å²) < 4.78 is 0. The number of H-pyrrole nitrogens is 1. The van der Waals surface area contributed by atoms with E-state index in [0.717, 1.165) is 24.3 Å². The molecule has 16 heavy (non-hydrogen) atoms. The van der Waals surface area contributed by atoms with E-state index >= 15 is 0 Å². The van der Waals surface area contributed by atoms with Gasteiger partial charge in [-0.05, 0) is 12.1 Å². The summed E-state index contributed by atoms with van der Waals surface area (Å²) in [6.07, 6.45) is 4.16. The molecule has 0 atom stereocenters. The van der Waals surface area contributed by atoms with Crippen LogP contribution in [0, 0.1) is 0 Å². The summed E-state index contributed by atoms with van der Waals surface area (Å²) in [5.74, 6) is 0. The Bertz CT molecular complexity index is 495. The molecule has 0 aromatic carbocycles. The van der Waals surface area contributed by atoms with Crippen molar-refractivity contribution in [2.75, 3.05) is 11.9 Å². The SMILES string of the molecule is O=c1cc(NCCc2ccccn2)cn[nH]1. The molecule has 2 heterocycles. The van der Waals surface area contributed by atoms with Crippen LogP contribution in [0.25, 0.3) is 0 Å². The summed E-state index contributed by atoms with van der Waals surface area (Å²) in [5.41, 5.74) is 1.54. The van der Waals surface area contributed by atoms with E-state index in [-0.39, 0.29) is 5.56 Å². The molecule has 2 rings (SSSR count).